The maximum Gasteiger partial charge on any atom is 0.407 e. The quantitative estimate of drug-likeness (QED) is 0.522. The van der Waals surface area contributed by atoms with Gasteiger partial charge in [-0.3, -0.25) is 0 Å². The van der Waals surface area contributed by atoms with Crippen molar-refractivity contribution < 1.29 is 19.0 Å². The third-order valence-electron chi connectivity index (χ3n) is 2.32. The van der Waals surface area contributed by atoms with Crippen LogP contribution in [-0.2, 0) is 20.8 Å². The van der Waals surface area contributed by atoms with Crippen LogP contribution in [0.25, 0.3) is 0 Å². The maximum absolute atomic E-state index is 11.4. The standard InChI is InChI=1S/C14H20BrNO4/c15-6-8-18-10-11-19-9-7-16-14(17)20-12-13-4-2-1-3-5-13/h1-5H,6-12H2,(H,16,17). The Balaban J connectivity index is 1.93. The van der Waals surface area contributed by atoms with Crippen LogP contribution >= 0.6 is 15.9 Å². The van der Waals surface area contributed by atoms with E-state index < -0.39 is 6.09 Å². The summed E-state index contributed by atoms with van der Waals surface area (Å²) in [5.41, 5.74) is 0.961. The lowest BCUT2D eigenvalue weighted by atomic mass is 10.2. The first-order valence-corrected chi connectivity index (χ1v) is 7.61. The average molecular weight is 346 g/mol. The van der Waals surface area contributed by atoms with Gasteiger partial charge in [0.2, 0.25) is 0 Å². The predicted octanol–water partition coefficient (Wildman–Crippen LogP) is 2.34. The van der Waals surface area contributed by atoms with E-state index in [1.54, 1.807) is 0 Å². The molecular formula is C14H20BrNO4. The number of carbonyl (C=O) groups excluding carboxylic acids is 1. The normalized spacial score (nSPS) is 10.2. The van der Waals surface area contributed by atoms with Gasteiger partial charge in [-0.1, -0.05) is 46.3 Å². The smallest absolute Gasteiger partial charge is 0.407 e. The molecule has 1 N–H and O–H groups in total. The van der Waals surface area contributed by atoms with Gasteiger partial charge in [0.15, 0.2) is 0 Å². The lowest BCUT2D eigenvalue weighted by Gasteiger charge is -2.08. The van der Waals surface area contributed by atoms with Gasteiger partial charge in [-0.25, -0.2) is 4.79 Å². The molecule has 0 aromatic heterocycles. The molecule has 0 aliphatic rings. The molecule has 0 unspecified atom stereocenters. The number of rotatable bonds is 10. The molecule has 0 bridgehead atoms. The number of amides is 1. The van der Waals surface area contributed by atoms with Crippen molar-refractivity contribution in [2.75, 3.05) is 38.3 Å². The Morgan fingerprint density at radius 1 is 1.05 bits per heavy atom. The minimum Gasteiger partial charge on any atom is -0.445 e. The largest absolute Gasteiger partial charge is 0.445 e. The van der Waals surface area contributed by atoms with Crippen LogP contribution < -0.4 is 5.32 Å². The molecule has 1 aromatic carbocycles. The molecule has 0 radical (unpaired) electrons. The van der Waals surface area contributed by atoms with Crippen LogP contribution in [0.1, 0.15) is 5.56 Å². The molecule has 5 nitrogen and oxygen atoms in total. The Bertz CT molecular complexity index is 361. The highest BCUT2D eigenvalue weighted by Gasteiger charge is 2.01. The van der Waals surface area contributed by atoms with E-state index in [0.717, 1.165) is 10.9 Å². The highest BCUT2D eigenvalue weighted by molar-refractivity contribution is 9.09. The topological polar surface area (TPSA) is 56.8 Å². The van der Waals surface area contributed by atoms with E-state index in [1.165, 1.54) is 0 Å². The van der Waals surface area contributed by atoms with Gasteiger partial charge in [-0.05, 0) is 5.56 Å². The number of nitrogens with one attached hydrogen (secondary N) is 1. The third kappa shape index (κ3) is 8.90. The van der Waals surface area contributed by atoms with E-state index in [9.17, 15) is 4.79 Å². The van der Waals surface area contributed by atoms with Crippen molar-refractivity contribution in [2.45, 2.75) is 6.61 Å². The predicted molar refractivity (Wildman–Crippen MR) is 80.1 cm³/mol. The van der Waals surface area contributed by atoms with E-state index in [2.05, 4.69) is 21.2 Å². The third-order valence-corrected chi connectivity index (χ3v) is 2.65. The minimum atomic E-state index is -0.437. The molecule has 0 spiro atoms. The summed E-state index contributed by atoms with van der Waals surface area (Å²) in [4.78, 5) is 11.4. The van der Waals surface area contributed by atoms with E-state index >= 15 is 0 Å². The van der Waals surface area contributed by atoms with Crippen molar-refractivity contribution in [3.05, 3.63) is 35.9 Å². The van der Waals surface area contributed by atoms with Crippen molar-refractivity contribution in [3.63, 3.8) is 0 Å². The summed E-state index contributed by atoms with van der Waals surface area (Å²) < 4.78 is 15.5. The molecule has 0 saturated heterocycles. The second-order valence-electron chi connectivity index (χ2n) is 3.90. The summed E-state index contributed by atoms with van der Waals surface area (Å²) in [6, 6.07) is 9.54. The van der Waals surface area contributed by atoms with Gasteiger partial charge in [0, 0.05) is 11.9 Å². The Labute approximate surface area is 127 Å². The monoisotopic (exact) mass is 345 g/mol. The zero-order valence-electron chi connectivity index (χ0n) is 11.3. The first-order chi connectivity index (χ1) is 9.83. The molecular weight excluding hydrogens is 326 g/mol. The molecule has 1 aromatic rings. The van der Waals surface area contributed by atoms with Crippen LogP contribution in [-0.4, -0.2) is 44.4 Å². The van der Waals surface area contributed by atoms with Gasteiger partial charge < -0.3 is 19.5 Å². The fraction of sp³-hybridized carbons (Fsp3) is 0.500. The lowest BCUT2D eigenvalue weighted by molar-refractivity contribution is 0.0544. The molecule has 0 aliphatic heterocycles. The number of hydrogen-bond acceptors (Lipinski definition) is 4. The van der Waals surface area contributed by atoms with Crippen molar-refractivity contribution in [2.24, 2.45) is 0 Å². The average Bonchev–Trinajstić information content (AvgIpc) is 2.49. The number of alkyl carbamates (subject to hydrolysis) is 1. The van der Waals surface area contributed by atoms with E-state index in [4.69, 9.17) is 14.2 Å². The fourth-order valence-electron chi connectivity index (χ4n) is 1.38. The number of carbonyl (C=O) groups is 1. The molecule has 0 aliphatic carbocycles. The van der Waals surface area contributed by atoms with E-state index in [1.807, 2.05) is 30.3 Å². The molecule has 0 heterocycles. The van der Waals surface area contributed by atoms with Crippen molar-refractivity contribution in [1.82, 2.24) is 5.32 Å². The zero-order chi connectivity index (χ0) is 14.5. The Morgan fingerprint density at radius 3 is 2.45 bits per heavy atom. The van der Waals surface area contributed by atoms with Crippen LogP contribution in [0.3, 0.4) is 0 Å². The second-order valence-corrected chi connectivity index (χ2v) is 4.70. The molecule has 6 heteroatoms. The van der Waals surface area contributed by atoms with Gasteiger partial charge >= 0.3 is 6.09 Å². The van der Waals surface area contributed by atoms with Crippen LogP contribution in [0.4, 0.5) is 4.79 Å². The van der Waals surface area contributed by atoms with Gasteiger partial charge in [0.05, 0.1) is 26.4 Å². The summed E-state index contributed by atoms with van der Waals surface area (Å²) in [6.45, 7) is 2.89. The van der Waals surface area contributed by atoms with Crippen LogP contribution in [0.15, 0.2) is 30.3 Å². The van der Waals surface area contributed by atoms with Gasteiger partial charge in [0.25, 0.3) is 0 Å². The first kappa shape index (κ1) is 16.9. The number of ether oxygens (including phenoxy) is 3. The Hall–Kier alpha value is -1.11. The molecule has 1 amide bonds. The molecule has 0 saturated carbocycles. The lowest BCUT2D eigenvalue weighted by Crippen LogP contribution is -2.28. The number of benzene rings is 1. The van der Waals surface area contributed by atoms with E-state index in [-0.39, 0.29) is 6.61 Å². The first-order valence-electron chi connectivity index (χ1n) is 6.49. The summed E-state index contributed by atoms with van der Waals surface area (Å²) in [7, 11) is 0. The summed E-state index contributed by atoms with van der Waals surface area (Å²) in [6.07, 6.45) is -0.437. The van der Waals surface area contributed by atoms with Crippen LogP contribution in [0, 0.1) is 0 Å². The van der Waals surface area contributed by atoms with Crippen LogP contribution in [0.5, 0.6) is 0 Å². The SMILES string of the molecule is O=C(NCCOCCOCCBr)OCc1ccccc1. The van der Waals surface area contributed by atoms with Crippen LogP contribution in [0.2, 0.25) is 0 Å². The molecule has 20 heavy (non-hydrogen) atoms. The summed E-state index contributed by atoms with van der Waals surface area (Å²) in [5.74, 6) is 0. The van der Waals surface area contributed by atoms with Crippen molar-refractivity contribution in [3.8, 4) is 0 Å². The van der Waals surface area contributed by atoms with Gasteiger partial charge in [-0.2, -0.15) is 0 Å². The summed E-state index contributed by atoms with van der Waals surface area (Å²) in [5, 5.41) is 3.44. The highest BCUT2D eigenvalue weighted by Crippen LogP contribution is 2.00. The Morgan fingerprint density at radius 2 is 1.75 bits per heavy atom. The number of hydrogen-bond donors (Lipinski definition) is 1. The highest BCUT2D eigenvalue weighted by atomic mass is 79.9. The van der Waals surface area contributed by atoms with Gasteiger partial charge in [-0.15, -0.1) is 0 Å². The van der Waals surface area contributed by atoms with E-state index in [0.29, 0.717) is 33.0 Å². The second kappa shape index (κ2) is 11.7. The zero-order valence-corrected chi connectivity index (χ0v) is 12.9. The maximum atomic E-state index is 11.4. The Kier molecular flexibility index (Phi) is 9.91. The molecule has 0 atom stereocenters. The molecule has 0 fully saturated rings. The minimum absolute atomic E-state index is 0.272. The fourth-order valence-corrected chi connectivity index (χ4v) is 1.60. The number of halogens is 1. The van der Waals surface area contributed by atoms with Crippen molar-refractivity contribution >= 4 is 22.0 Å². The van der Waals surface area contributed by atoms with Gasteiger partial charge in [0.1, 0.15) is 6.61 Å². The summed E-state index contributed by atoms with van der Waals surface area (Å²) >= 11 is 3.26. The number of alkyl halides is 1. The molecule has 112 valence electrons. The molecule has 1 rings (SSSR count). The van der Waals surface area contributed by atoms with Crippen molar-refractivity contribution in [1.29, 1.82) is 0 Å².